The van der Waals surface area contributed by atoms with Gasteiger partial charge in [-0.2, -0.15) is 0 Å². The van der Waals surface area contributed by atoms with Crippen LogP contribution in [0.4, 0.5) is 5.13 Å². The molecule has 0 fully saturated rings. The molecule has 0 radical (unpaired) electrons. The maximum Gasteiger partial charge on any atom is 0.351 e. The average molecular weight is 311 g/mol. The Kier molecular flexibility index (Phi) is 6.04. The molecule has 0 saturated carbocycles. The number of ether oxygens (including phenoxy) is 1. The highest BCUT2D eigenvalue weighted by Crippen LogP contribution is 2.28. The molecule has 18 heavy (non-hydrogen) atoms. The summed E-state index contributed by atoms with van der Waals surface area (Å²) >= 11 is 6.99. The summed E-state index contributed by atoms with van der Waals surface area (Å²) in [5.74, 6) is 0.129. The second kappa shape index (κ2) is 7.06. The second-order valence-corrected chi connectivity index (χ2v) is 6.65. The van der Waals surface area contributed by atoms with Gasteiger partial charge in [-0.1, -0.05) is 22.9 Å². The molecule has 0 spiro atoms. The van der Waals surface area contributed by atoms with E-state index in [1.54, 1.807) is 6.26 Å². The van der Waals surface area contributed by atoms with E-state index < -0.39 is 16.8 Å². The summed E-state index contributed by atoms with van der Waals surface area (Å²) in [6.07, 6.45) is 2.43. The van der Waals surface area contributed by atoms with Crippen molar-refractivity contribution >= 4 is 44.8 Å². The van der Waals surface area contributed by atoms with E-state index >= 15 is 0 Å². The number of anilines is 1. The highest BCUT2D eigenvalue weighted by atomic mass is 35.5. The predicted molar refractivity (Wildman–Crippen MR) is 75.1 cm³/mol. The molecule has 0 amide bonds. The first kappa shape index (κ1) is 15.4. The molecule has 8 heteroatoms. The Hall–Kier alpha value is -0.660. The van der Waals surface area contributed by atoms with E-state index in [1.165, 1.54) is 7.11 Å². The number of carbonyl (C=O) groups excluding carboxylic acids is 1. The van der Waals surface area contributed by atoms with E-state index in [2.05, 4.69) is 15.0 Å². The van der Waals surface area contributed by atoms with Crippen molar-refractivity contribution in [2.24, 2.45) is 0 Å². The van der Waals surface area contributed by atoms with Crippen LogP contribution in [0.2, 0.25) is 5.15 Å². The van der Waals surface area contributed by atoms with Crippen molar-refractivity contribution < 1.29 is 13.7 Å². The Morgan fingerprint density at radius 2 is 2.33 bits per heavy atom. The second-order valence-electron chi connectivity index (χ2n) is 3.74. The number of nitrogens with one attached hydrogen (secondary N) is 1. The van der Waals surface area contributed by atoms with Gasteiger partial charge in [0.15, 0.2) is 15.2 Å². The van der Waals surface area contributed by atoms with Gasteiger partial charge in [0.2, 0.25) is 0 Å². The van der Waals surface area contributed by atoms with Crippen LogP contribution < -0.4 is 5.32 Å². The molecule has 0 aliphatic heterocycles. The van der Waals surface area contributed by atoms with E-state index in [0.717, 1.165) is 17.8 Å². The van der Waals surface area contributed by atoms with Crippen LogP contribution >= 0.6 is 22.9 Å². The predicted octanol–water partition coefficient (Wildman–Crippen LogP) is 2.15. The van der Waals surface area contributed by atoms with E-state index in [-0.39, 0.29) is 16.1 Å². The van der Waals surface area contributed by atoms with Gasteiger partial charge in [-0.3, -0.25) is 4.21 Å². The van der Waals surface area contributed by atoms with Crippen LogP contribution in [0.5, 0.6) is 0 Å². The van der Waals surface area contributed by atoms with Gasteiger partial charge in [0.1, 0.15) is 0 Å². The minimum atomic E-state index is -0.809. The number of rotatable bonds is 6. The summed E-state index contributed by atoms with van der Waals surface area (Å²) in [4.78, 5) is 15.7. The zero-order valence-electron chi connectivity index (χ0n) is 10.4. The molecule has 0 aliphatic rings. The van der Waals surface area contributed by atoms with Crippen LogP contribution in [0, 0.1) is 0 Å². The first-order valence-corrected chi connectivity index (χ1v) is 8.17. The molecule has 2 atom stereocenters. The van der Waals surface area contributed by atoms with E-state index in [9.17, 15) is 9.00 Å². The number of nitrogens with zero attached hydrogens (tertiary/aromatic N) is 1. The summed E-state index contributed by atoms with van der Waals surface area (Å²) < 4.78 is 15.6. The highest BCUT2D eigenvalue weighted by molar-refractivity contribution is 7.84. The normalized spacial score (nSPS) is 14.0. The van der Waals surface area contributed by atoms with Crippen molar-refractivity contribution in [1.82, 2.24) is 4.98 Å². The van der Waals surface area contributed by atoms with Crippen LogP contribution in [0.25, 0.3) is 0 Å². The average Bonchev–Trinajstić information content (AvgIpc) is 2.66. The number of thiazole rings is 1. The van der Waals surface area contributed by atoms with Crippen LogP contribution in [0.15, 0.2) is 0 Å². The fourth-order valence-electron chi connectivity index (χ4n) is 1.21. The van der Waals surface area contributed by atoms with Crippen LogP contribution in [-0.4, -0.2) is 40.3 Å². The molecule has 2 unspecified atom stereocenters. The summed E-state index contributed by atoms with van der Waals surface area (Å²) in [6.45, 7) is 1.96. The standard InChI is InChI=1S/C10H15ClN2O3S2/c1-6(4-5-18(3)15)12-10-13-8(11)7(17-10)9(14)16-2/h6H,4-5H2,1-3H3,(H,12,13). The molecule has 0 bridgehead atoms. The van der Waals surface area contributed by atoms with Gasteiger partial charge in [0, 0.05) is 28.9 Å². The van der Waals surface area contributed by atoms with Gasteiger partial charge in [-0.05, 0) is 13.3 Å². The van der Waals surface area contributed by atoms with Crippen molar-refractivity contribution in [2.45, 2.75) is 19.4 Å². The molecule has 1 rings (SSSR count). The van der Waals surface area contributed by atoms with Gasteiger partial charge >= 0.3 is 5.97 Å². The van der Waals surface area contributed by atoms with Gasteiger partial charge in [-0.25, -0.2) is 9.78 Å². The van der Waals surface area contributed by atoms with Crippen molar-refractivity contribution in [3.63, 3.8) is 0 Å². The van der Waals surface area contributed by atoms with Crippen molar-refractivity contribution in [2.75, 3.05) is 24.4 Å². The number of esters is 1. The Morgan fingerprint density at radius 1 is 1.67 bits per heavy atom. The lowest BCUT2D eigenvalue weighted by Crippen LogP contribution is -2.17. The molecule has 5 nitrogen and oxygen atoms in total. The van der Waals surface area contributed by atoms with Crippen molar-refractivity contribution in [1.29, 1.82) is 0 Å². The van der Waals surface area contributed by atoms with Gasteiger partial charge in [0.05, 0.1) is 7.11 Å². The SMILES string of the molecule is COC(=O)c1sc(NC(C)CCS(C)=O)nc1Cl. The monoisotopic (exact) mass is 310 g/mol. The Morgan fingerprint density at radius 3 is 2.89 bits per heavy atom. The minimum Gasteiger partial charge on any atom is -0.465 e. The Bertz CT molecular complexity index is 450. The fraction of sp³-hybridized carbons (Fsp3) is 0.600. The molecule has 1 N–H and O–H groups in total. The quantitative estimate of drug-likeness (QED) is 0.815. The molecule has 0 aromatic carbocycles. The number of hydrogen-bond donors (Lipinski definition) is 1. The number of aromatic nitrogens is 1. The fourth-order valence-corrected chi connectivity index (χ4v) is 3.11. The molecule has 0 aliphatic carbocycles. The topological polar surface area (TPSA) is 68.3 Å². The summed E-state index contributed by atoms with van der Waals surface area (Å²) in [5, 5.41) is 3.82. The maximum absolute atomic E-state index is 11.3. The molecule has 0 saturated heterocycles. The molecule has 1 aromatic rings. The third-order valence-electron chi connectivity index (χ3n) is 2.16. The molecule has 102 valence electrons. The molecule has 1 aromatic heterocycles. The highest BCUT2D eigenvalue weighted by Gasteiger charge is 2.18. The largest absolute Gasteiger partial charge is 0.465 e. The Balaban J connectivity index is 2.62. The summed E-state index contributed by atoms with van der Waals surface area (Å²) in [5.41, 5.74) is 0. The number of hydrogen-bond acceptors (Lipinski definition) is 6. The number of halogens is 1. The first-order chi connectivity index (χ1) is 8.43. The van der Waals surface area contributed by atoms with Crippen molar-refractivity contribution in [3.8, 4) is 0 Å². The lowest BCUT2D eigenvalue weighted by molar-refractivity contribution is 0.0606. The minimum absolute atomic E-state index is 0.113. The number of carbonyl (C=O) groups is 1. The first-order valence-electron chi connectivity index (χ1n) is 5.25. The van der Waals surface area contributed by atoms with Gasteiger partial charge in [-0.15, -0.1) is 0 Å². The number of methoxy groups -OCH3 is 1. The third-order valence-corrected chi connectivity index (χ3v) is 4.33. The zero-order chi connectivity index (χ0) is 13.7. The smallest absolute Gasteiger partial charge is 0.351 e. The Labute approximate surface area is 117 Å². The summed E-state index contributed by atoms with van der Waals surface area (Å²) in [6, 6.07) is 0.113. The van der Waals surface area contributed by atoms with E-state index in [1.807, 2.05) is 6.92 Å². The zero-order valence-corrected chi connectivity index (χ0v) is 12.7. The van der Waals surface area contributed by atoms with Gasteiger partial charge in [0.25, 0.3) is 0 Å². The summed E-state index contributed by atoms with van der Waals surface area (Å²) in [7, 11) is 0.487. The van der Waals surface area contributed by atoms with Crippen LogP contribution in [-0.2, 0) is 15.5 Å². The van der Waals surface area contributed by atoms with E-state index in [4.69, 9.17) is 11.6 Å². The van der Waals surface area contributed by atoms with Crippen molar-refractivity contribution in [3.05, 3.63) is 10.0 Å². The molecule has 1 heterocycles. The maximum atomic E-state index is 11.3. The lowest BCUT2D eigenvalue weighted by atomic mass is 10.3. The molecular formula is C10H15ClN2O3S2. The third kappa shape index (κ3) is 4.55. The van der Waals surface area contributed by atoms with Crippen LogP contribution in [0.3, 0.4) is 0 Å². The van der Waals surface area contributed by atoms with Crippen LogP contribution in [0.1, 0.15) is 23.0 Å². The van der Waals surface area contributed by atoms with Gasteiger partial charge < -0.3 is 10.1 Å². The molecular weight excluding hydrogens is 296 g/mol. The lowest BCUT2D eigenvalue weighted by Gasteiger charge is -2.11. The van der Waals surface area contributed by atoms with E-state index in [0.29, 0.717) is 10.9 Å².